The van der Waals surface area contributed by atoms with Gasteiger partial charge in [-0.15, -0.1) is 0 Å². The lowest BCUT2D eigenvalue weighted by atomic mass is 9.96. The van der Waals surface area contributed by atoms with Gasteiger partial charge in [0.15, 0.2) is 0 Å². The normalized spacial score (nSPS) is 17.5. The first-order valence-corrected chi connectivity index (χ1v) is 5.09. The highest BCUT2D eigenvalue weighted by Crippen LogP contribution is 2.37. The number of hydrogen-bond donors (Lipinski definition) is 0. The Morgan fingerprint density at radius 2 is 2.00 bits per heavy atom. The van der Waals surface area contributed by atoms with Crippen molar-refractivity contribution in [2.45, 2.75) is 26.4 Å². The summed E-state index contributed by atoms with van der Waals surface area (Å²) in [5.41, 5.74) is 2.14. The minimum atomic E-state index is -0.217. The van der Waals surface area contributed by atoms with Gasteiger partial charge in [-0.2, -0.15) is 0 Å². The van der Waals surface area contributed by atoms with Gasteiger partial charge in [-0.25, -0.2) is 0 Å². The number of rotatable bonds is 1. The van der Waals surface area contributed by atoms with E-state index in [4.69, 9.17) is 9.47 Å². The molecule has 0 fully saturated rings. The third kappa shape index (κ3) is 1.84. The Balaban J connectivity index is 2.51. The van der Waals surface area contributed by atoms with Crippen LogP contribution in [0, 0.1) is 0 Å². The van der Waals surface area contributed by atoms with Gasteiger partial charge in [-0.3, -0.25) is 0 Å². The van der Waals surface area contributed by atoms with Crippen molar-refractivity contribution in [1.29, 1.82) is 0 Å². The highest BCUT2D eigenvalue weighted by Gasteiger charge is 2.24. The highest BCUT2D eigenvalue weighted by atomic mass is 16.5. The largest absolute Gasteiger partial charge is 0.497 e. The van der Waals surface area contributed by atoms with E-state index in [1.54, 1.807) is 7.11 Å². The smallest absolute Gasteiger partial charge is 0.128 e. The van der Waals surface area contributed by atoms with E-state index in [-0.39, 0.29) is 5.60 Å². The molecule has 0 saturated heterocycles. The molecule has 0 atom stereocenters. The van der Waals surface area contributed by atoms with E-state index in [1.165, 1.54) is 5.57 Å². The summed E-state index contributed by atoms with van der Waals surface area (Å²) in [5, 5.41) is 0. The zero-order valence-electron chi connectivity index (χ0n) is 9.63. The van der Waals surface area contributed by atoms with Crippen LogP contribution in [-0.2, 0) is 0 Å². The molecular weight excluding hydrogens is 188 g/mol. The SMILES string of the molecule is COc1ccc2c(c1)C(C)=CC(C)(C)O2. The Bertz CT molecular complexity index is 417. The molecule has 0 aliphatic carbocycles. The summed E-state index contributed by atoms with van der Waals surface area (Å²) < 4.78 is 11.1. The van der Waals surface area contributed by atoms with E-state index >= 15 is 0 Å². The average molecular weight is 204 g/mol. The molecule has 0 aromatic heterocycles. The fraction of sp³-hybridized carbons (Fsp3) is 0.385. The number of allylic oxidation sites excluding steroid dienone is 1. The van der Waals surface area contributed by atoms with Crippen molar-refractivity contribution < 1.29 is 9.47 Å². The molecule has 15 heavy (non-hydrogen) atoms. The molecule has 1 aromatic rings. The minimum absolute atomic E-state index is 0.217. The van der Waals surface area contributed by atoms with E-state index in [0.29, 0.717) is 0 Å². The zero-order chi connectivity index (χ0) is 11.1. The second-order valence-electron chi connectivity index (χ2n) is 4.39. The Morgan fingerprint density at radius 1 is 1.27 bits per heavy atom. The topological polar surface area (TPSA) is 18.5 Å². The fourth-order valence-electron chi connectivity index (χ4n) is 1.95. The van der Waals surface area contributed by atoms with Crippen LogP contribution in [0.1, 0.15) is 26.3 Å². The zero-order valence-corrected chi connectivity index (χ0v) is 9.63. The highest BCUT2D eigenvalue weighted by molar-refractivity contribution is 5.73. The van der Waals surface area contributed by atoms with E-state index in [9.17, 15) is 0 Å². The van der Waals surface area contributed by atoms with Crippen LogP contribution in [0.3, 0.4) is 0 Å². The van der Waals surface area contributed by atoms with Gasteiger partial charge in [0.1, 0.15) is 17.1 Å². The molecule has 1 aliphatic heterocycles. The molecule has 80 valence electrons. The molecule has 1 aliphatic rings. The van der Waals surface area contributed by atoms with Crippen LogP contribution in [0.5, 0.6) is 11.5 Å². The van der Waals surface area contributed by atoms with E-state index in [2.05, 4.69) is 26.8 Å². The Kier molecular flexibility index (Phi) is 2.22. The van der Waals surface area contributed by atoms with Gasteiger partial charge in [0, 0.05) is 5.56 Å². The molecule has 0 saturated carbocycles. The summed E-state index contributed by atoms with van der Waals surface area (Å²) in [5.74, 6) is 1.80. The van der Waals surface area contributed by atoms with E-state index < -0.39 is 0 Å². The fourth-order valence-corrected chi connectivity index (χ4v) is 1.95. The lowest BCUT2D eigenvalue weighted by molar-refractivity contribution is 0.158. The van der Waals surface area contributed by atoms with Crippen molar-refractivity contribution in [3.8, 4) is 11.5 Å². The first-order valence-electron chi connectivity index (χ1n) is 5.09. The summed E-state index contributed by atoms with van der Waals surface area (Å²) in [4.78, 5) is 0. The number of hydrogen-bond acceptors (Lipinski definition) is 2. The van der Waals surface area contributed by atoms with Crippen molar-refractivity contribution in [3.05, 3.63) is 29.8 Å². The maximum atomic E-state index is 5.86. The first-order chi connectivity index (χ1) is 7.02. The molecule has 1 aromatic carbocycles. The third-order valence-corrected chi connectivity index (χ3v) is 2.55. The van der Waals surface area contributed by atoms with E-state index in [0.717, 1.165) is 17.1 Å². The van der Waals surface area contributed by atoms with Crippen LogP contribution < -0.4 is 9.47 Å². The van der Waals surface area contributed by atoms with Gasteiger partial charge in [0.2, 0.25) is 0 Å². The standard InChI is InChI=1S/C13H16O2/c1-9-8-13(2,3)15-12-6-5-10(14-4)7-11(9)12/h5-8H,1-4H3. The summed E-state index contributed by atoms with van der Waals surface area (Å²) in [6.45, 7) is 6.22. The number of benzene rings is 1. The van der Waals surface area contributed by atoms with Crippen LogP contribution in [0.4, 0.5) is 0 Å². The molecule has 1 heterocycles. The van der Waals surface area contributed by atoms with Crippen LogP contribution in [0.15, 0.2) is 24.3 Å². The number of ether oxygens (including phenoxy) is 2. The lowest BCUT2D eigenvalue weighted by Crippen LogP contribution is -2.28. The molecule has 2 nitrogen and oxygen atoms in total. The van der Waals surface area contributed by atoms with Crippen LogP contribution in [0.25, 0.3) is 5.57 Å². The average Bonchev–Trinajstić information content (AvgIpc) is 2.15. The summed E-state index contributed by atoms with van der Waals surface area (Å²) in [6.07, 6.45) is 2.13. The molecule has 0 N–H and O–H groups in total. The second-order valence-corrected chi connectivity index (χ2v) is 4.39. The van der Waals surface area contributed by atoms with Crippen LogP contribution >= 0.6 is 0 Å². The predicted molar refractivity (Wildman–Crippen MR) is 61.4 cm³/mol. The van der Waals surface area contributed by atoms with Gasteiger partial charge in [-0.1, -0.05) is 0 Å². The Morgan fingerprint density at radius 3 is 2.67 bits per heavy atom. The Labute approximate surface area is 90.5 Å². The lowest BCUT2D eigenvalue weighted by Gasteiger charge is -2.30. The monoisotopic (exact) mass is 204 g/mol. The van der Waals surface area contributed by atoms with Gasteiger partial charge in [-0.05, 0) is 50.6 Å². The first kappa shape index (κ1) is 10.1. The van der Waals surface area contributed by atoms with Crippen molar-refractivity contribution in [3.63, 3.8) is 0 Å². The molecule has 2 heteroatoms. The van der Waals surface area contributed by atoms with Crippen LogP contribution in [-0.4, -0.2) is 12.7 Å². The maximum Gasteiger partial charge on any atom is 0.128 e. The van der Waals surface area contributed by atoms with Crippen LogP contribution in [0.2, 0.25) is 0 Å². The summed E-state index contributed by atoms with van der Waals surface area (Å²) in [6, 6.07) is 5.90. The number of methoxy groups -OCH3 is 1. The van der Waals surface area contributed by atoms with Crippen molar-refractivity contribution in [1.82, 2.24) is 0 Å². The summed E-state index contributed by atoms with van der Waals surface area (Å²) in [7, 11) is 1.67. The van der Waals surface area contributed by atoms with E-state index in [1.807, 2.05) is 18.2 Å². The predicted octanol–water partition coefficient (Wildman–Crippen LogP) is 3.27. The van der Waals surface area contributed by atoms with Crippen molar-refractivity contribution >= 4 is 5.57 Å². The molecule has 2 rings (SSSR count). The quantitative estimate of drug-likeness (QED) is 0.699. The molecule has 0 bridgehead atoms. The van der Waals surface area contributed by atoms with Gasteiger partial charge in [0.25, 0.3) is 0 Å². The van der Waals surface area contributed by atoms with Gasteiger partial charge < -0.3 is 9.47 Å². The molecule has 0 radical (unpaired) electrons. The molecule has 0 unspecified atom stereocenters. The van der Waals surface area contributed by atoms with Gasteiger partial charge >= 0.3 is 0 Å². The molecular formula is C13H16O2. The second kappa shape index (κ2) is 3.30. The number of fused-ring (bicyclic) bond motifs is 1. The Hall–Kier alpha value is -1.44. The van der Waals surface area contributed by atoms with Gasteiger partial charge in [0.05, 0.1) is 7.11 Å². The third-order valence-electron chi connectivity index (χ3n) is 2.55. The summed E-state index contributed by atoms with van der Waals surface area (Å²) >= 11 is 0. The maximum absolute atomic E-state index is 5.86. The van der Waals surface area contributed by atoms with Crippen molar-refractivity contribution in [2.24, 2.45) is 0 Å². The minimum Gasteiger partial charge on any atom is -0.497 e. The molecule has 0 spiro atoms. The molecule has 0 amide bonds. The van der Waals surface area contributed by atoms with Crippen molar-refractivity contribution in [2.75, 3.05) is 7.11 Å².